The molecule has 2 heterocycles. The fourth-order valence-corrected chi connectivity index (χ4v) is 2.00. The van der Waals surface area contributed by atoms with E-state index in [2.05, 4.69) is 20.6 Å². The van der Waals surface area contributed by atoms with Gasteiger partial charge < -0.3 is 9.32 Å². The third-order valence-corrected chi connectivity index (χ3v) is 3.20. The molecule has 118 valence electrons. The number of carbonyl (C=O) groups excluding carboxylic acids is 1. The summed E-state index contributed by atoms with van der Waals surface area (Å²) in [5.74, 6) is -0.0622. The number of nitrogens with one attached hydrogen (secondary N) is 1. The molecule has 1 aromatic carbocycles. The van der Waals surface area contributed by atoms with Gasteiger partial charge in [-0.05, 0) is 24.3 Å². The van der Waals surface area contributed by atoms with Crippen LogP contribution in [0.25, 0.3) is 11.6 Å². The van der Waals surface area contributed by atoms with Crippen molar-refractivity contribution in [3.63, 3.8) is 0 Å². The smallest absolute Gasteiger partial charge is 0.322 e. The van der Waals surface area contributed by atoms with E-state index >= 15 is 0 Å². The topological polar surface area (TPSA) is 89.1 Å². The third kappa shape index (κ3) is 3.20. The standard InChI is InChI=1S/C15H16N6O2/c1-20(2)11-6-4-5-10(9-11)13(22)16-15-18-17-14(23-15)12-7-8-21(3)19-12/h4-9H,1-3H3,(H,16,18,22). The first-order valence-electron chi connectivity index (χ1n) is 6.95. The summed E-state index contributed by atoms with van der Waals surface area (Å²) in [6, 6.07) is 9.02. The molecular formula is C15H16N6O2. The lowest BCUT2D eigenvalue weighted by molar-refractivity contribution is 0.102. The van der Waals surface area contributed by atoms with E-state index in [0.717, 1.165) is 5.69 Å². The molecule has 2 aromatic heterocycles. The Labute approximate surface area is 132 Å². The van der Waals surface area contributed by atoms with Crippen LogP contribution in [0.15, 0.2) is 40.9 Å². The zero-order valence-corrected chi connectivity index (χ0v) is 13.0. The van der Waals surface area contributed by atoms with Crippen molar-refractivity contribution >= 4 is 17.6 Å². The fraction of sp³-hybridized carbons (Fsp3) is 0.200. The van der Waals surface area contributed by atoms with Gasteiger partial charge in [-0.15, -0.1) is 5.10 Å². The highest BCUT2D eigenvalue weighted by Crippen LogP contribution is 2.19. The number of benzene rings is 1. The Morgan fingerprint density at radius 2 is 2.09 bits per heavy atom. The molecule has 23 heavy (non-hydrogen) atoms. The first kappa shape index (κ1) is 14.8. The van der Waals surface area contributed by atoms with Gasteiger partial charge in [-0.3, -0.25) is 14.8 Å². The van der Waals surface area contributed by atoms with Crippen LogP contribution in [0.1, 0.15) is 10.4 Å². The number of carbonyl (C=O) groups is 1. The summed E-state index contributed by atoms with van der Waals surface area (Å²) in [5, 5.41) is 14.4. The highest BCUT2D eigenvalue weighted by atomic mass is 16.4. The molecular weight excluding hydrogens is 296 g/mol. The molecule has 0 saturated heterocycles. The Morgan fingerprint density at radius 1 is 1.26 bits per heavy atom. The van der Waals surface area contributed by atoms with Gasteiger partial charge in [0.2, 0.25) is 0 Å². The lowest BCUT2D eigenvalue weighted by atomic mass is 10.2. The second-order valence-corrected chi connectivity index (χ2v) is 5.19. The molecule has 0 aliphatic carbocycles. The summed E-state index contributed by atoms with van der Waals surface area (Å²) in [7, 11) is 5.61. The maximum atomic E-state index is 12.3. The van der Waals surface area contributed by atoms with E-state index < -0.39 is 0 Å². The largest absolute Gasteiger partial charge is 0.401 e. The number of nitrogens with zero attached hydrogens (tertiary/aromatic N) is 5. The highest BCUT2D eigenvalue weighted by Gasteiger charge is 2.14. The lowest BCUT2D eigenvalue weighted by Crippen LogP contribution is -2.14. The molecule has 8 heteroatoms. The molecule has 0 saturated carbocycles. The number of aromatic nitrogens is 4. The van der Waals surface area contributed by atoms with E-state index in [1.54, 1.807) is 36.1 Å². The average Bonchev–Trinajstić information content (AvgIpc) is 3.16. The molecule has 0 atom stereocenters. The van der Waals surface area contributed by atoms with Gasteiger partial charge >= 0.3 is 6.01 Å². The summed E-state index contributed by atoms with van der Waals surface area (Å²) in [4.78, 5) is 14.2. The molecule has 0 fully saturated rings. The van der Waals surface area contributed by atoms with Crippen LogP contribution in [0, 0.1) is 0 Å². The molecule has 8 nitrogen and oxygen atoms in total. The van der Waals surface area contributed by atoms with Gasteiger partial charge in [0.25, 0.3) is 11.8 Å². The van der Waals surface area contributed by atoms with Gasteiger partial charge in [-0.2, -0.15) is 5.10 Å². The van der Waals surface area contributed by atoms with Crippen LogP contribution in [0.4, 0.5) is 11.7 Å². The Bertz CT molecular complexity index is 836. The van der Waals surface area contributed by atoms with Crippen molar-refractivity contribution < 1.29 is 9.21 Å². The highest BCUT2D eigenvalue weighted by molar-refractivity contribution is 6.03. The second kappa shape index (κ2) is 5.91. The lowest BCUT2D eigenvalue weighted by Gasteiger charge is -2.12. The van der Waals surface area contributed by atoms with Crippen LogP contribution in [0.5, 0.6) is 0 Å². The number of hydrogen-bond acceptors (Lipinski definition) is 6. The molecule has 0 aliphatic heterocycles. The van der Waals surface area contributed by atoms with Gasteiger partial charge in [-0.1, -0.05) is 11.2 Å². The maximum Gasteiger partial charge on any atom is 0.322 e. The molecule has 3 aromatic rings. The van der Waals surface area contributed by atoms with E-state index in [4.69, 9.17) is 4.42 Å². The van der Waals surface area contributed by atoms with Gasteiger partial charge in [0.05, 0.1) is 0 Å². The van der Waals surface area contributed by atoms with Gasteiger partial charge in [0.15, 0.2) is 0 Å². The second-order valence-electron chi connectivity index (χ2n) is 5.19. The minimum atomic E-state index is -0.315. The molecule has 0 radical (unpaired) electrons. The summed E-state index contributed by atoms with van der Waals surface area (Å²) in [6.45, 7) is 0. The Balaban J connectivity index is 1.76. The van der Waals surface area contributed by atoms with E-state index in [1.807, 2.05) is 31.1 Å². The first-order valence-corrected chi connectivity index (χ1v) is 6.95. The van der Waals surface area contributed by atoms with Crippen molar-refractivity contribution in [2.45, 2.75) is 0 Å². The SMILES string of the molecule is CN(C)c1cccc(C(=O)Nc2nnc(-c3ccn(C)n3)o2)c1. The molecule has 0 aliphatic rings. The van der Waals surface area contributed by atoms with Crippen LogP contribution in [0.3, 0.4) is 0 Å². The van der Waals surface area contributed by atoms with Crippen LogP contribution in [-0.2, 0) is 7.05 Å². The Kier molecular flexibility index (Phi) is 3.80. The number of aryl methyl sites for hydroxylation is 1. The summed E-state index contributed by atoms with van der Waals surface area (Å²) in [5.41, 5.74) is 1.99. The molecule has 3 rings (SSSR count). The van der Waals surface area contributed by atoms with E-state index in [1.165, 1.54) is 0 Å². The van der Waals surface area contributed by atoms with E-state index in [0.29, 0.717) is 11.3 Å². The van der Waals surface area contributed by atoms with E-state index in [9.17, 15) is 4.79 Å². The molecule has 0 bridgehead atoms. The third-order valence-electron chi connectivity index (χ3n) is 3.20. The Hall–Kier alpha value is -3.16. The van der Waals surface area contributed by atoms with Crippen LogP contribution >= 0.6 is 0 Å². The summed E-state index contributed by atoms with van der Waals surface area (Å²) in [6.07, 6.45) is 1.77. The van der Waals surface area contributed by atoms with Crippen LogP contribution in [0.2, 0.25) is 0 Å². The first-order chi connectivity index (χ1) is 11.0. The van der Waals surface area contributed by atoms with Crippen molar-refractivity contribution in [3.8, 4) is 11.6 Å². The minimum absolute atomic E-state index is 0.0332. The molecule has 1 amide bonds. The maximum absolute atomic E-state index is 12.3. The van der Waals surface area contributed by atoms with Gasteiger partial charge in [0.1, 0.15) is 5.69 Å². The van der Waals surface area contributed by atoms with Crippen molar-refractivity contribution in [1.29, 1.82) is 0 Å². The fourth-order valence-electron chi connectivity index (χ4n) is 2.00. The number of anilines is 2. The summed E-state index contributed by atoms with van der Waals surface area (Å²) < 4.78 is 7.04. The van der Waals surface area contributed by atoms with Gasteiger partial charge in [-0.25, -0.2) is 0 Å². The van der Waals surface area contributed by atoms with E-state index in [-0.39, 0.29) is 17.8 Å². The predicted molar refractivity (Wildman–Crippen MR) is 85.2 cm³/mol. The molecule has 0 spiro atoms. The zero-order chi connectivity index (χ0) is 16.4. The predicted octanol–water partition coefficient (Wildman–Crippen LogP) is 1.79. The summed E-state index contributed by atoms with van der Waals surface area (Å²) >= 11 is 0. The number of rotatable bonds is 4. The number of hydrogen-bond donors (Lipinski definition) is 1. The number of amides is 1. The van der Waals surface area contributed by atoms with Crippen molar-refractivity contribution in [1.82, 2.24) is 20.0 Å². The van der Waals surface area contributed by atoms with Crippen LogP contribution in [-0.4, -0.2) is 40.0 Å². The molecule has 0 unspecified atom stereocenters. The average molecular weight is 312 g/mol. The zero-order valence-electron chi connectivity index (χ0n) is 13.0. The van der Waals surface area contributed by atoms with Crippen molar-refractivity contribution in [2.24, 2.45) is 7.05 Å². The normalized spacial score (nSPS) is 10.6. The van der Waals surface area contributed by atoms with Gasteiger partial charge in [0, 0.05) is 38.6 Å². The van der Waals surface area contributed by atoms with Crippen molar-refractivity contribution in [2.75, 3.05) is 24.3 Å². The molecule has 1 N–H and O–H groups in total. The minimum Gasteiger partial charge on any atom is -0.401 e. The Morgan fingerprint density at radius 3 is 2.78 bits per heavy atom. The van der Waals surface area contributed by atoms with Crippen molar-refractivity contribution in [3.05, 3.63) is 42.1 Å². The monoisotopic (exact) mass is 312 g/mol. The van der Waals surface area contributed by atoms with Crippen LogP contribution < -0.4 is 10.2 Å². The quantitative estimate of drug-likeness (QED) is 0.790.